The Morgan fingerprint density at radius 2 is 2.15 bits per heavy atom. The summed E-state index contributed by atoms with van der Waals surface area (Å²) >= 11 is 0. The van der Waals surface area contributed by atoms with Gasteiger partial charge in [0.1, 0.15) is 5.82 Å². The third-order valence-electron chi connectivity index (χ3n) is 3.79. The van der Waals surface area contributed by atoms with Crippen molar-refractivity contribution in [1.82, 2.24) is 9.80 Å². The minimum Gasteiger partial charge on any atom is -0.423 e. The van der Waals surface area contributed by atoms with Gasteiger partial charge in [-0.1, -0.05) is 6.07 Å². The van der Waals surface area contributed by atoms with Crippen molar-refractivity contribution in [3.05, 3.63) is 29.6 Å². The highest BCUT2D eigenvalue weighted by molar-refractivity contribution is 6.58. The van der Waals surface area contributed by atoms with Crippen molar-refractivity contribution in [3.63, 3.8) is 0 Å². The number of hydrogen-bond acceptors (Lipinski definition) is 4. The van der Waals surface area contributed by atoms with Crippen LogP contribution in [0.15, 0.2) is 18.2 Å². The number of nitrogens with zero attached hydrogens (tertiary/aromatic N) is 2. The SMILES string of the molecule is CN1CCC(CN(C)Cc2cc(F)cc(B(O)O)c2)C1. The summed E-state index contributed by atoms with van der Waals surface area (Å²) in [5.41, 5.74) is 0.968. The molecule has 4 nitrogen and oxygen atoms in total. The Kier molecular flexibility index (Phi) is 5.15. The molecule has 0 aromatic heterocycles. The van der Waals surface area contributed by atoms with Crippen LogP contribution in [-0.2, 0) is 6.54 Å². The third kappa shape index (κ3) is 4.28. The maximum absolute atomic E-state index is 13.4. The summed E-state index contributed by atoms with van der Waals surface area (Å²) in [7, 11) is 2.51. The Hall–Kier alpha value is -0.945. The topological polar surface area (TPSA) is 46.9 Å². The minimum absolute atomic E-state index is 0.203. The van der Waals surface area contributed by atoms with Crippen molar-refractivity contribution in [1.29, 1.82) is 0 Å². The molecule has 0 saturated carbocycles. The van der Waals surface area contributed by atoms with Crippen LogP contribution in [0.3, 0.4) is 0 Å². The number of rotatable bonds is 5. The molecule has 2 N–H and O–H groups in total. The first kappa shape index (κ1) is 15.4. The lowest BCUT2D eigenvalue weighted by atomic mass is 9.79. The molecule has 1 aliphatic rings. The highest BCUT2D eigenvalue weighted by atomic mass is 19.1. The maximum Gasteiger partial charge on any atom is 0.488 e. The molecule has 0 radical (unpaired) electrons. The lowest BCUT2D eigenvalue weighted by molar-refractivity contribution is 0.267. The normalized spacial score (nSPS) is 19.8. The number of halogens is 1. The van der Waals surface area contributed by atoms with Crippen LogP contribution in [-0.4, -0.2) is 60.7 Å². The molecule has 1 saturated heterocycles. The molecule has 0 amide bonds. The fourth-order valence-electron chi connectivity index (χ4n) is 2.91. The zero-order valence-corrected chi connectivity index (χ0v) is 12.1. The van der Waals surface area contributed by atoms with Crippen LogP contribution in [0.4, 0.5) is 4.39 Å². The van der Waals surface area contributed by atoms with E-state index in [4.69, 9.17) is 10.0 Å². The molecule has 1 aliphatic heterocycles. The molecule has 6 heteroatoms. The summed E-state index contributed by atoms with van der Waals surface area (Å²) in [4.78, 5) is 4.48. The van der Waals surface area contributed by atoms with Gasteiger partial charge in [-0.25, -0.2) is 4.39 Å². The molecule has 1 atom stereocenters. The van der Waals surface area contributed by atoms with Gasteiger partial charge in [0.2, 0.25) is 0 Å². The van der Waals surface area contributed by atoms with Gasteiger partial charge in [-0.2, -0.15) is 0 Å². The molecule has 1 aromatic rings. The van der Waals surface area contributed by atoms with Crippen LogP contribution < -0.4 is 5.46 Å². The lowest BCUT2D eigenvalue weighted by Crippen LogP contribution is -2.32. The Bertz CT molecular complexity index is 459. The van der Waals surface area contributed by atoms with Crippen molar-refractivity contribution in [3.8, 4) is 0 Å². The van der Waals surface area contributed by atoms with Gasteiger partial charge in [0.25, 0.3) is 0 Å². The second-order valence-corrected chi connectivity index (χ2v) is 5.88. The van der Waals surface area contributed by atoms with Crippen LogP contribution in [0, 0.1) is 11.7 Å². The number of hydrogen-bond donors (Lipinski definition) is 2. The van der Waals surface area contributed by atoms with Gasteiger partial charge in [-0.3, -0.25) is 0 Å². The van der Waals surface area contributed by atoms with Crippen LogP contribution in [0.25, 0.3) is 0 Å². The van der Waals surface area contributed by atoms with Crippen molar-refractivity contribution in [2.45, 2.75) is 13.0 Å². The summed E-state index contributed by atoms with van der Waals surface area (Å²) in [6.07, 6.45) is 1.20. The van der Waals surface area contributed by atoms with Gasteiger partial charge in [0.05, 0.1) is 0 Å². The Labute approximate surface area is 120 Å². The molecular formula is C14H22BFN2O2. The molecule has 1 fully saturated rings. The van der Waals surface area contributed by atoms with Crippen LogP contribution in [0.5, 0.6) is 0 Å². The third-order valence-corrected chi connectivity index (χ3v) is 3.79. The van der Waals surface area contributed by atoms with E-state index in [1.165, 1.54) is 12.5 Å². The second kappa shape index (κ2) is 6.67. The van der Waals surface area contributed by atoms with Gasteiger partial charge in [0.15, 0.2) is 0 Å². The Morgan fingerprint density at radius 3 is 2.75 bits per heavy atom. The van der Waals surface area contributed by atoms with E-state index in [-0.39, 0.29) is 5.46 Å². The Morgan fingerprint density at radius 1 is 1.40 bits per heavy atom. The summed E-state index contributed by atoms with van der Waals surface area (Å²) in [6.45, 7) is 3.82. The first-order chi connectivity index (χ1) is 9.44. The molecule has 1 unspecified atom stereocenters. The monoisotopic (exact) mass is 280 g/mol. The molecule has 20 heavy (non-hydrogen) atoms. The van der Waals surface area contributed by atoms with Gasteiger partial charge in [-0.05, 0) is 56.1 Å². The van der Waals surface area contributed by atoms with Gasteiger partial charge < -0.3 is 19.8 Å². The number of likely N-dealkylation sites (tertiary alicyclic amines) is 1. The highest BCUT2D eigenvalue weighted by Gasteiger charge is 2.21. The summed E-state index contributed by atoms with van der Waals surface area (Å²) in [5, 5.41) is 18.3. The van der Waals surface area contributed by atoms with Crippen molar-refractivity contribution >= 4 is 12.6 Å². The molecule has 0 spiro atoms. The zero-order valence-electron chi connectivity index (χ0n) is 12.1. The van der Waals surface area contributed by atoms with E-state index in [0.29, 0.717) is 12.5 Å². The Balaban J connectivity index is 1.95. The van der Waals surface area contributed by atoms with Crippen LogP contribution >= 0.6 is 0 Å². The fourth-order valence-corrected chi connectivity index (χ4v) is 2.91. The van der Waals surface area contributed by atoms with Crippen molar-refractivity contribution in [2.24, 2.45) is 5.92 Å². The molecular weight excluding hydrogens is 258 g/mol. The van der Waals surface area contributed by atoms with Gasteiger partial charge in [0, 0.05) is 19.6 Å². The average molecular weight is 280 g/mol. The highest BCUT2D eigenvalue weighted by Crippen LogP contribution is 2.16. The first-order valence-electron chi connectivity index (χ1n) is 6.96. The van der Waals surface area contributed by atoms with E-state index < -0.39 is 12.9 Å². The molecule has 1 heterocycles. The van der Waals surface area contributed by atoms with E-state index in [9.17, 15) is 4.39 Å². The molecule has 0 bridgehead atoms. The second-order valence-electron chi connectivity index (χ2n) is 5.88. The maximum atomic E-state index is 13.4. The van der Waals surface area contributed by atoms with E-state index in [0.717, 1.165) is 31.3 Å². The smallest absolute Gasteiger partial charge is 0.423 e. The molecule has 1 aromatic carbocycles. The summed E-state index contributed by atoms with van der Waals surface area (Å²) < 4.78 is 13.4. The predicted octanol–water partition coefficient (Wildman–Crippen LogP) is -0.111. The van der Waals surface area contributed by atoms with E-state index in [1.807, 2.05) is 7.05 Å². The van der Waals surface area contributed by atoms with Gasteiger partial charge in [-0.15, -0.1) is 0 Å². The van der Waals surface area contributed by atoms with E-state index in [2.05, 4.69) is 16.8 Å². The fraction of sp³-hybridized carbons (Fsp3) is 0.571. The number of benzene rings is 1. The van der Waals surface area contributed by atoms with E-state index in [1.54, 1.807) is 6.07 Å². The largest absolute Gasteiger partial charge is 0.488 e. The lowest BCUT2D eigenvalue weighted by Gasteiger charge is -2.21. The van der Waals surface area contributed by atoms with Crippen molar-refractivity contribution in [2.75, 3.05) is 33.7 Å². The summed E-state index contributed by atoms with van der Waals surface area (Å²) in [6, 6.07) is 4.24. The zero-order chi connectivity index (χ0) is 14.7. The average Bonchev–Trinajstić information content (AvgIpc) is 2.73. The van der Waals surface area contributed by atoms with E-state index >= 15 is 0 Å². The predicted molar refractivity (Wildman–Crippen MR) is 78.2 cm³/mol. The van der Waals surface area contributed by atoms with Crippen LogP contribution in [0.2, 0.25) is 0 Å². The van der Waals surface area contributed by atoms with Gasteiger partial charge >= 0.3 is 7.12 Å². The first-order valence-corrected chi connectivity index (χ1v) is 6.96. The molecule has 110 valence electrons. The molecule has 2 rings (SSSR count). The summed E-state index contributed by atoms with van der Waals surface area (Å²) in [5.74, 6) is 0.223. The standard InChI is InChI=1S/C14H22BFN2O2/c1-17-4-3-11(8-17)9-18(2)10-12-5-13(15(19)20)7-14(16)6-12/h5-7,11,19-20H,3-4,8-10H2,1-2H3. The minimum atomic E-state index is -1.63. The quantitative estimate of drug-likeness (QED) is 0.739. The molecule has 0 aliphatic carbocycles. The van der Waals surface area contributed by atoms with Crippen molar-refractivity contribution < 1.29 is 14.4 Å². The van der Waals surface area contributed by atoms with Crippen LogP contribution in [0.1, 0.15) is 12.0 Å².